The van der Waals surface area contributed by atoms with E-state index in [-0.39, 0.29) is 36.8 Å². The topological polar surface area (TPSA) is 69.8 Å². The number of amides is 1. The van der Waals surface area contributed by atoms with Crippen molar-refractivity contribution in [2.75, 3.05) is 0 Å². The molecule has 7 heteroatoms. The van der Waals surface area contributed by atoms with Gasteiger partial charge < -0.3 is 15.6 Å². The summed E-state index contributed by atoms with van der Waals surface area (Å²) < 4.78 is 0. The van der Waals surface area contributed by atoms with Gasteiger partial charge in [0, 0.05) is 18.4 Å². The number of carbonyl (C=O) groups excluding carboxylic acids is 1. The monoisotopic (exact) mass is 320 g/mol. The molecule has 2 heterocycles. The van der Waals surface area contributed by atoms with Crippen molar-refractivity contribution in [1.82, 2.24) is 20.6 Å². The van der Waals surface area contributed by atoms with Crippen molar-refractivity contribution in [3.8, 4) is 0 Å². The molecule has 1 aromatic heterocycles. The molecule has 0 bridgehead atoms. The average molecular weight is 321 g/mol. The summed E-state index contributed by atoms with van der Waals surface area (Å²) in [5.41, 5.74) is 0. The van der Waals surface area contributed by atoms with Crippen LogP contribution in [-0.2, 0) is 11.3 Å². The van der Waals surface area contributed by atoms with E-state index in [9.17, 15) is 4.79 Å². The third-order valence-corrected chi connectivity index (χ3v) is 4.16. The van der Waals surface area contributed by atoms with Crippen LogP contribution in [0.5, 0.6) is 0 Å². The third kappa shape index (κ3) is 3.87. The maximum atomic E-state index is 12.1. The van der Waals surface area contributed by atoms with E-state index in [2.05, 4.69) is 20.6 Å². The molecular formula is C13H22Cl2N4O. The van der Waals surface area contributed by atoms with Crippen molar-refractivity contribution in [3.63, 3.8) is 0 Å². The first-order valence-corrected chi connectivity index (χ1v) is 6.85. The lowest BCUT2D eigenvalue weighted by Crippen LogP contribution is -2.43. The maximum absolute atomic E-state index is 12.1. The van der Waals surface area contributed by atoms with Gasteiger partial charge in [-0.3, -0.25) is 4.79 Å². The predicted octanol–water partition coefficient (Wildman–Crippen LogP) is 1.79. The molecule has 1 aliphatic heterocycles. The minimum Gasteiger partial charge on any atom is -0.348 e. The second-order valence-corrected chi connectivity index (χ2v) is 5.36. The molecular weight excluding hydrogens is 299 g/mol. The summed E-state index contributed by atoms with van der Waals surface area (Å²) in [6.45, 7) is 0.485. The molecule has 2 fully saturated rings. The van der Waals surface area contributed by atoms with E-state index in [0.717, 1.165) is 12.2 Å². The van der Waals surface area contributed by atoms with E-state index >= 15 is 0 Å². The molecule has 3 atom stereocenters. The van der Waals surface area contributed by atoms with Crippen LogP contribution in [0.15, 0.2) is 12.4 Å². The van der Waals surface area contributed by atoms with Crippen LogP contribution in [0, 0.1) is 5.92 Å². The first kappa shape index (κ1) is 17.3. The molecule has 1 saturated carbocycles. The number of nitrogens with zero attached hydrogens (tertiary/aromatic N) is 1. The summed E-state index contributed by atoms with van der Waals surface area (Å²) in [4.78, 5) is 19.2. The summed E-state index contributed by atoms with van der Waals surface area (Å²) in [6.07, 6.45) is 9.59. The number of aromatic nitrogens is 2. The molecule has 3 unspecified atom stereocenters. The maximum Gasteiger partial charge on any atom is 0.237 e. The van der Waals surface area contributed by atoms with Crippen molar-refractivity contribution >= 4 is 30.7 Å². The van der Waals surface area contributed by atoms with E-state index in [1.54, 1.807) is 12.4 Å². The Balaban J connectivity index is 0.000001000. The van der Waals surface area contributed by atoms with E-state index in [1.807, 2.05) is 0 Å². The predicted molar refractivity (Wildman–Crippen MR) is 82.2 cm³/mol. The van der Waals surface area contributed by atoms with Crippen molar-refractivity contribution < 1.29 is 4.79 Å². The molecule has 3 rings (SSSR count). The fraction of sp³-hybridized carbons (Fsp3) is 0.692. The van der Waals surface area contributed by atoms with Gasteiger partial charge in [-0.1, -0.05) is 12.8 Å². The van der Waals surface area contributed by atoms with Crippen molar-refractivity contribution in [2.45, 2.75) is 50.7 Å². The normalized spacial score (nSPS) is 27.9. The van der Waals surface area contributed by atoms with Gasteiger partial charge in [0.1, 0.15) is 5.82 Å². The van der Waals surface area contributed by atoms with Gasteiger partial charge in [-0.2, -0.15) is 0 Å². The Morgan fingerprint density at radius 3 is 2.85 bits per heavy atom. The second kappa shape index (κ2) is 7.86. The number of nitrogens with one attached hydrogen (secondary N) is 3. The fourth-order valence-corrected chi connectivity index (χ4v) is 3.21. The molecule has 1 amide bonds. The lowest BCUT2D eigenvalue weighted by molar-refractivity contribution is -0.123. The third-order valence-electron chi connectivity index (χ3n) is 4.16. The Morgan fingerprint density at radius 2 is 2.15 bits per heavy atom. The van der Waals surface area contributed by atoms with E-state index in [0.29, 0.717) is 18.5 Å². The average Bonchev–Trinajstić information content (AvgIpc) is 3.04. The Kier molecular flexibility index (Phi) is 6.79. The molecule has 114 valence electrons. The smallest absolute Gasteiger partial charge is 0.237 e. The molecule has 0 aromatic carbocycles. The lowest BCUT2D eigenvalue weighted by Gasteiger charge is -2.24. The van der Waals surface area contributed by atoms with E-state index in [4.69, 9.17) is 0 Å². The summed E-state index contributed by atoms with van der Waals surface area (Å²) in [5, 5.41) is 6.42. The van der Waals surface area contributed by atoms with Gasteiger partial charge in [0.05, 0.1) is 12.6 Å². The molecule has 1 aliphatic carbocycles. The molecule has 3 N–H and O–H groups in total. The van der Waals surface area contributed by atoms with Crippen LogP contribution in [0.25, 0.3) is 0 Å². The zero-order valence-electron chi connectivity index (χ0n) is 11.3. The minimum atomic E-state index is -0.00642. The summed E-state index contributed by atoms with van der Waals surface area (Å²) in [6, 6.07) is 0.561. The number of H-pyrrole nitrogens is 1. The van der Waals surface area contributed by atoms with E-state index < -0.39 is 0 Å². The van der Waals surface area contributed by atoms with Crippen LogP contribution in [-0.4, -0.2) is 28.0 Å². The first-order chi connectivity index (χ1) is 8.83. The fourth-order valence-electron chi connectivity index (χ4n) is 3.21. The molecule has 0 radical (unpaired) electrons. The van der Waals surface area contributed by atoms with Gasteiger partial charge in [-0.05, 0) is 25.2 Å². The zero-order chi connectivity index (χ0) is 12.4. The van der Waals surface area contributed by atoms with Crippen molar-refractivity contribution in [3.05, 3.63) is 18.2 Å². The van der Waals surface area contributed by atoms with Gasteiger partial charge in [0.25, 0.3) is 0 Å². The Labute approximate surface area is 131 Å². The van der Waals surface area contributed by atoms with Crippen molar-refractivity contribution in [2.24, 2.45) is 5.92 Å². The van der Waals surface area contributed by atoms with Crippen LogP contribution < -0.4 is 10.6 Å². The van der Waals surface area contributed by atoms with E-state index in [1.165, 1.54) is 25.7 Å². The van der Waals surface area contributed by atoms with Gasteiger partial charge in [0.2, 0.25) is 5.91 Å². The van der Waals surface area contributed by atoms with Crippen LogP contribution in [0.2, 0.25) is 0 Å². The first-order valence-electron chi connectivity index (χ1n) is 6.85. The highest BCUT2D eigenvalue weighted by Crippen LogP contribution is 2.33. The summed E-state index contributed by atoms with van der Waals surface area (Å²) in [7, 11) is 0. The van der Waals surface area contributed by atoms with Crippen LogP contribution in [0.4, 0.5) is 0 Å². The molecule has 1 aromatic rings. The Bertz CT molecular complexity index is 399. The lowest BCUT2D eigenvalue weighted by atomic mass is 9.85. The highest BCUT2D eigenvalue weighted by molar-refractivity contribution is 5.85. The van der Waals surface area contributed by atoms with Gasteiger partial charge >= 0.3 is 0 Å². The number of hydrogen-bond donors (Lipinski definition) is 3. The number of aromatic amines is 1. The molecule has 20 heavy (non-hydrogen) atoms. The molecule has 1 saturated heterocycles. The SMILES string of the molecule is Cl.Cl.O=C(NCc1ncc[nH]1)C1CC2CCCCC2N1. The largest absolute Gasteiger partial charge is 0.348 e. The van der Waals surface area contributed by atoms with Crippen LogP contribution in [0.3, 0.4) is 0 Å². The minimum absolute atomic E-state index is 0. The number of imidazole rings is 1. The molecule has 0 spiro atoms. The molecule has 2 aliphatic rings. The van der Waals surface area contributed by atoms with Crippen LogP contribution >= 0.6 is 24.8 Å². The van der Waals surface area contributed by atoms with Gasteiger partial charge in [-0.15, -0.1) is 24.8 Å². The Morgan fingerprint density at radius 1 is 1.35 bits per heavy atom. The quantitative estimate of drug-likeness (QED) is 0.795. The highest BCUT2D eigenvalue weighted by Gasteiger charge is 2.37. The number of carbonyl (C=O) groups is 1. The number of rotatable bonds is 3. The number of halogens is 2. The Hall–Kier alpha value is -0.780. The summed E-state index contributed by atoms with van der Waals surface area (Å²) in [5.74, 6) is 1.62. The van der Waals surface area contributed by atoms with Gasteiger partial charge in [-0.25, -0.2) is 4.98 Å². The van der Waals surface area contributed by atoms with Gasteiger partial charge in [0.15, 0.2) is 0 Å². The second-order valence-electron chi connectivity index (χ2n) is 5.36. The zero-order valence-corrected chi connectivity index (χ0v) is 12.9. The van der Waals surface area contributed by atoms with Crippen molar-refractivity contribution in [1.29, 1.82) is 0 Å². The standard InChI is InChI=1S/C13H20N4O.2ClH/c18-13(16-8-12-14-5-6-15-12)11-7-9-3-1-2-4-10(9)17-11;;/h5-6,9-11,17H,1-4,7-8H2,(H,14,15)(H,16,18);2*1H. The number of fused-ring (bicyclic) bond motifs is 1. The number of hydrogen-bond acceptors (Lipinski definition) is 3. The van der Waals surface area contributed by atoms with Crippen LogP contribution in [0.1, 0.15) is 37.9 Å². The molecule has 5 nitrogen and oxygen atoms in total. The highest BCUT2D eigenvalue weighted by atomic mass is 35.5. The summed E-state index contributed by atoms with van der Waals surface area (Å²) >= 11 is 0.